The number of nitrogens with zero attached hydrogens (tertiary/aromatic N) is 4. The molecule has 1 fully saturated rings. The van der Waals surface area contributed by atoms with Crippen LogP contribution in [0.15, 0.2) is 18.3 Å². The molecule has 1 aliphatic rings. The number of amides is 1. The highest BCUT2D eigenvalue weighted by Crippen LogP contribution is 2.12. The van der Waals surface area contributed by atoms with Crippen molar-refractivity contribution in [2.24, 2.45) is 5.73 Å². The molecule has 2 rings (SSSR count). The normalized spacial score (nSPS) is 18.0. The predicted octanol–water partition coefficient (Wildman–Crippen LogP) is 0.253. The van der Waals surface area contributed by atoms with E-state index in [9.17, 15) is 4.79 Å². The van der Waals surface area contributed by atoms with E-state index in [0.29, 0.717) is 13.0 Å². The largest absolute Gasteiger partial charge is 0.353 e. The molecule has 0 bridgehead atoms. The molecule has 1 amide bonds. The monoisotopic (exact) mass is 263 g/mol. The zero-order chi connectivity index (χ0) is 13.7. The van der Waals surface area contributed by atoms with Crippen LogP contribution in [0, 0.1) is 0 Å². The lowest BCUT2D eigenvalue weighted by molar-refractivity contribution is -0.132. The minimum atomic E-state index is -0.372. The predicted molar refractivity (Wildman–Crippen MR) is 73.7 cm³/mol. The number of anilines is 1. The molecule has 1 aromatic heterocycles. The number of aromatic nitrogens is 2. The van der Waals surface area contributed by atoms with Crippen LogP contribution in [0.25, 0.3) is 0 Å². The van der Waals surface area contributed by atoms with E-state index in [0.717, 1.165) is 31.9 Å². The van der Waals surface area contributed by atoms with Crippen molar-refractivity contribution in [2.75, 3.05) is 31.1 Å². The molecule has 1 aromatic rings. The van der Waals surface area contributed by atoms with Crippen LogP contribution in [0.5, 0.6) is 0 Å². The second kappa shape index (κ2) is 6.47. The van der Waals surface area contributed by atoms with Crippen LogP contribution >= 0.6 is 0 Å². The summed E-state index contributed by atoms with van der Waals surface area (Å²) in [6.45, 7) is 5.07. The van der Waals surface area contributed by atoms with Crippen molar-refractivity contribution >= 4 is 11.7 Å². The van der Waals surface area contributed by atoms with Crippen molar-refractivity contribution in [1.29, 1.82) is 0 Å². The number of hydrogen-bond donors (Lipinski definition) is 1. The van der Waals surface area contributed by atoms with Gasteiger partial charge in [-0.15, -0.1) is 5.10 Å². The van der Waals surface area contributed by atoms with Gasteiger partial charge in [0.15, 0.2) is 5.82 Å². The first-order valence-electron chi connectivity index (χ1n) is 6.79. The summed E-state index contributed by atoms with van der Waals surface area (Å²) in [6.07, 6.45) is 3.28. The molecule has 6 nitrogen and oxygen atoms in total. The quantitative estimate of drug-likeness (QED) is 0.846. The molecule has 6 heteroatoms. The molecule has 0 spiro atoms. The van der Waals surface area contributed by atoms with Gasteiger partial charge in [-0.05, 0) is 25.0 Å². The summed E-state index contributed by atoms with van der Waals surface area (Å²) >= 11 is 0. The van der Waals surface area contributed by atoms with Gasteiger partial charge in [0.25, 0.3) is 0 Å². The lowest BCUT2D eigenvalue weighted by atomic mass is 10.2. The molecule has 104 valence electrons. The molecule has 2 heterocycles. The average molecular weight is 263 g/mol. The van der Waals surface area contributed by atoms with E-state index < -0.39 is 0 Å². The fourth-order valence-corrected chi connectivity index (χ4v) is 2.24. The number of nitrogens with two attached hydrogens (primary N) is 1. The van der Waals surface area contributed by atoms with Crippen molar-refractivity contribution in [1.82, 2.24) is 15.1 Å². The minimum absolute atomic E-state index is 0.0588. The Labute approximate surface area is 113 Å². The Morgan fingerprint density at radius 1 is 1.42 bits per heavy atom. The van der Waals surface area contributed by atoms with Gasteiger partial charge in [-0.2, -0.15) is 5.10 Å². The van der Waals surface area contributed by atoms with Gasteiger partial charge in [-0.25, -0.2) is 0 Å². The summed E-state index contributed by atoms with van der Waals surface area (Å²) in [5.41, 5.74) is 5.82. The van der Waals surface area contributed by atoms with Gasteiger partial charge in [-0.1, -0.05) is 6.92 Å². The van der Waals surface area contributed by atoms with Crippen LogP contribution < -0.4 is 10.6 Å². The highest BCUT2D eigenvalue weighted by molar-refractivity contribution is 5.81. The molecule has 0 radical (unpaired) electrons. The van der Waals surface area contributed by atoms with Crippen LogP contribution in [0.2, 0.25) is 0 Å². The second-order valence-corrected chi connectivity index (χ2v) is 4.76. The molecular formula is C13H21N5O. The molecule has 1 saturated heterocycles. The molecule has 1 atom stereocenters. The maximum absolute atomic E-state index is 12.1. The number of carbonyl (C=O) groups is 1. The van der Waals surface area contributed by atoms with Crippen molar-refractivity contribution in [2.45, 2.75) is 25.8 Å². The second-order valence-electron chi connectivity index (χ2n) is 4.76. The first-order valence-corrected chi connectivity index (χ1v) is 6.79. The first kappa shape index (κ1) is 13.7. The summed E-state index contributed by atoms with van der Waals surface area (Å²) in [6, 6.07) is 3.45. The van der Waals surface area contributed by atoms with Crippen molar-refractivity contribution in [3.8, 4) is 0 Å². The topological polar surface area (TPSA) is 75.4 Å². The van der Waals surface area contributed by atoms with Gasteiger partial charge in [0.1, 0.15) is 0 Å². The van der Waals surface area contributed by atoms with Crippen LogP contribution in [0.4, 0.5) is 5.82 Å². The van der Waals surface area contributed by atoms with E-state index in [1.807, 2.05) is 24.0 Å². The molecule has 0 unspecified atom stereocenters. The highest BCUT2D eigenvalue weighted by Gasteiger charge is 2.23. The van der Waals surface area contributed by atoms with Crippen LogP contribution in [-0.2, 0) is 4.79 Å². The van der Waals surface area contributed by atoms with Gasteiger partial charge >= 0.3 is 0 Å². The fourth-order valence-electron chi connectivity index (χ4n) is 2.24. The third kappa shape index (κ3) is 3.41. The Balaban J connectivity index is 1.97. The lowest BCUT2D eigenvalue weighted by Crippen LogP contribution is -2.45. The van der Waals surface area contributed by atoms with Crippen LogP contribution in [-0.4, -0.2) is 53.2 Å². The Morgan fingerprint density at radius 2 is 2.26 bits per heavy atom. The summed E-state index contributed by atoms with van der Waals surface area (Å²) in [5, 5.41) is 8.01. The van der Waals surface area contributed by atoms with Crippen molar-refractivity contribution in [3.05, 3.63) is 18.3 Å². The highest BCUT2D eigenvalue weighted by atomic mass is 16.2. The van der Waals surface area contributed by atoms with E-state index in [2.05, 4.69) is 15.1 Å². The zero-order valence-corrected chi connectivity index (χ0v) is 11.3. The Morgan fingerprint density at radius 3 is 2.95 bits per heavy atom. The van der Waals surface area contributed by atoms with Crippen LogP contribution in [0.1, 0.15) is 19.8 Å². The standard InChI is InChI=1S/C13H21N5O/c1-2-11(14)13(19)18-8-4-7-17(9-10-18)12-5-3-6-15-16-12/h3,5-6,11H,2,4,7-10,14H2,1H3/t11-/m1/s1. The van der Waals surface area contributed by atoms with Gasteiger partial charge in [0.05, 0.1) is 6.04 Å². The van der Waals surface area contributed by atoms with Gasteiger partial charge in [0.2, 0.25) is 5.91 Å². The SMILES string of the molecule is CC[C@@H](N)C(=O)N1CCCN(c2cccnn2)CC1. The molecule has 0 aromatic carbocycles. The molecule has 1 aliphatic heterocycles. The summed E-state index contributed by atoms with van der Waals surface area (Å²) in [5.74, 6) is 0.931. The average Bonchev–Trinajstić information content (AvgIpc) is 2.72. The number of carbonyl (C=O) groups excluding carboxylic acids is 1. The molecule has 2 N–H and O–H groups in total. The smallest absolute Gasteiger partial charge is 0.239 e. The third-order valence-corrected chi connectivity index (χ3v) is 3.45. The van der Waals surface area contributed by atoms with E-state index in [1.54, 1.807) is 6.20 Å². The van der Waals surface area contributed by atoms with Gasteiger partial charge in [0, 0.05) is 32.4 Å². The molecule has 0 saturated carbocycles. The van der Waals surface area contributed by atoms with E-state index in [-0.39, 0.29) is 11.9 Å². The van der Waals surface area contributed by atoms with E-state index in [4.69, 9.17) is 5.73 Å². The fraction of sp³-hybridized carbons (Fsp3) is 0.615. The summed E-state index contributed by atoms with van der Waals surface area (Å²) < 4.78 is 0. The third-order valence-electron chi connectivity index (χ3n) is 3.45. The summed E-state index contributed by atoms with van der Waals surface area (Å²) in [7, 11) is 0. The van der Waals surface area contributed by atoms with Gasteiger partial charge in [-0.3, -0.25) is 4.79 Å². The van der Waals surface area contributed by atoms with Crippen molar-refractivity contribution in [3.63, 3.8) is 0 Å². The first-order chi connectivity index (χ1) is 9.22. The maximum Gasteiger partial charge on any atom is 0.239 e. The van der Waals surface area contributed by atoms with Crippen LogP contribution in [0.3, 0.4) is 0 Å². The Bertz CT molecular complexity index is 411. The van der Waals surface area contributed by atoms with E-state index in [1.165, 1.54) is 0 Å². The minimum Gasteiger partial charge on any atom is -0.353 e. The van der Waals surface area contributed by atoms with Crippen molar-refractivity contribution < 1.29 is 4.79 Å². The molecule has 0 aliphatic carbocycles. The number of rotatable bonds is 3. The lowest BCUT2D eigenvalue weighted by Gasteiger charge is -2.24. The maximum atomic E-state index is 12.1. The number of hydrogen-bond acceptors (Lipinski definition) is 5. The Hall–Kier alpha value is -1.69. The van der Waals surface area contributed by atoms with Gasteiger partial charge < -0.3 is 15.5 Å². The zero-order valence-electron chi connectivity index (χ0n) is 11.3. The Kier molecular flexibility index (Phi) is 4.68. The van der Waals surface area contributed by atoms with E-state index >= 15 is 0 Å². The summed E-state index contributed by atoms with van der Waals surface area (Å²) in [4.78, 5) is 16.1. The molecule has 19 heavy (non-hydrogen) atoms. The molecular weight excluding hydrogens is 242 g/mol.